The molecule has 2 aliphatic rings. The van der Waals surface area contributed by atoms with Gasteiger partial charge in [-0.25, -0.2) is 0 Å². The van der Waals surface area contributed by atoms with Crippen LogP contribution in [0.1, 0.15) is 65.7 Å². The van der Waals surface area contributed by atoms with Crippen LogP contribution in [0.2, 0.25) is 0 Å². The summed E-state index contributed by atoms with van der Waals surface area (Å²) < 4.78 is 5.71. The summed E-state index contributed by atoms with van der Waals surface area (Å²) in [5.41, 5.74) is 4.47. The summed E-state index contributed by atoms with van der Waals surface area (Å²) in [7, 11) is 0. The van der Waals surface area contributed by atoms with E-state index in [9.17, 15) is 4.79 Å². The highest BCUT2D eigenvalue weighted by Crippen LogP contribution is 2.29. The number of carbonyl (C=O) groups excluding carboxylic acids is 1. The van der Waals surface area contributed by atoms with Crippen molar-refractivity contribution in [2.45, 2.75) is 51.7 Å². The van der Waals surface area contributed by atoms with Gasteiger partial charge in [0.15, 0.2) is 0 Å². The van der Waals surface area contributed by atoms with Gasteiger partial charge in [0.2, 0.25) is 0 Å². The quantitative estimate of drug-likeness (QED) is 0.619. The molecule has 1 aliphatic heterocycles. The molecule has 4 nitrogen and oxygen atoms in total. The number of hydrogen-bond donors (Lipinski definition) is 1. The van der Waals surface area contributed by atoms with Gasteiger partial charge >= 0.3 is 0 Å². The van der Waals surface area contributed by atoms with Gasteiger partial charge in [0.05, 0.1) is 6.61 Å². The molecule has 4 heteroatoms. The first-order chi connectivity index (χ1) is 14.7. The first-order valence-corrected chi connectivity index (χ1v) is 11.5. The van der Waals surface area contributed by atoms with Crippen LogP contribution in [-0.4, -0.2) is 37.0 Å². The smallest absolute Gasteiger partial charge is 0.251 e. The molecule has 1 atom stereocenters. The van der Waals surface area contributed by atoms with Crippen molar-refractivity contribution >= 4 is 5.91 Å². The zero-order chi connectivity index (χ0) is 20.8. The van der Waals surface area contributed by atoms with Crippen LogP contribution in [-0.2, 0) is 17.8 Å². The summed E-state index contributed by atoms with van der Waals surface area (Å²) in [6.45, 7) is 6.86. The van der Waals surface area contributed by atoms with E-state index in [1.54, 1.807) is 0 Å². The number of likely N-dealkylation sites (tertiary alicyclic amines) is 1. The maximum absolute atomic E-state index is 12.4. The number of hydrogen-bond acceptors (Lipinski definition) is 3. The van der Waals surface area contributed by atoms with Crippen LogP contribution in [0, 0.1) is 5.92 Å². The van der Waals surface area contributed by atoms with Crippen molar-refractivity contribution in [2.75, 3.05) is 26.2 Å². The molecule has 1 aliphatic carbocycles. The minimum absolute atomic E-state index is 0.0141. The average molecular weight is 407 g/mol. The van der Waals surface area contributed by atoms with Gasteiger partial charge in [-0.05, 0) is 86.9 Å². The third kappa shape index (κ3) is 5.93. The van der Waals surface area contributed by atoms with Gasteiger partial charge in [0.25, 0.3) is 5.91 Å². The van der Waals surface area contributed by atoms with E-state index in [4.69, 9.17) is 4.74 Å². The van der Waals surface area contributed by atoms with Crippen molar-refractivity contribution in [1.82, 2.24) is 10.2 Å². The number of rotatable bonds is 10. The Bertz CT molecular complexity index is 806. The first kappa shape index (κ1) is 21.1. The van der Waals surface area contributed by atoms with Gasteiger partial charge in [-0.2, -0.15) is 0 Å². The summed E-state index contributed by atoms with van der Waals surface area (Å²) in [5, 5.41) is 3.04. The summed E-state index contributed by atoms with van der Waals surface area (Å²) in [6, 6.07) is 17.1. The van der Waals surface area contributed by atoms with Gasteiger partial charge in [0, 0.05) is 24.8 Å². The topological polar surface area (TPSA) is 41.6 Å². The summed E-state index contributed by atoms with van der Waals surface area (Å²) in [6.07, 6.45) is 6.09. The minimum atomic E-state index is -0.0141. The Balaban J connectivity index is 1.19. The van der Waals surface area contributed by atoms with Crippen molar-refractivity contribution in [3.63, 3.8) is 0 Å². The van der Waals surface area contributed by atoms with E-state index < -0.39 is 0 Å². The molecule has 1 heterocycles. The summed E-state index contributed by atoms with van der Waals surface area (Å²) in [4.78, 5) is 15.0. The predicted molar refractivity (Wildman–Crippen MR) is 121 cm³/mol. The molecule has 1 amide bonds. The van der Waals surface area contributed by atoms with Crippen LogP contribution in [0.3, 0.4) is 0 Å². The molecule has 0 radical (unpaired) electrons. The van der Waals surface area contributed by atoms with E-state index >= 15 is 0 Å². The molecule has 30 heavy (non-hydrogen) atoms. The van der Waals surface area contributed by atoms with E-state index in [0.29, 0.717) is 24.8 Å². The standard InChI is InChI=1S/C26H34N2O2/c1-20(28-16-2-3-17-28)24-10-6-21(7-11-24)14-15-27-26(29)25-12-8-23(9-13-25)19-30-18-22-4-5-22/h6-13,20,22H,2-5,14-19H2,1H3,(H,27,29). The SMILES string of the molecule is CC(c1ccc(CCNC(=O)c2ccc(COCC3CC3)cc2)cc1)N1CCCC1. The number of nitrogens with one attached hydrogen (secondary N) is 1. The van der Waals surface area contributed by atoms with Gasteiger partial charge in [-0.1, -0.05) is 36.4 Å². The van der Waals surface area contributed by atoms with E-state index in [1.807, 2.05) is 24.3 Å². The second-order valence-corrected chi connectivity index (χ2v) is 8.82. The molecule has 4 rings (SSSR count). The predicted octanol–water partition coefficient (Wildman–Crippen LogP) is 4.74. The van der Waals surface area contributed by atoms with Crippen LogP contribution in [0.25, 0.3) is 0 Å². The Morgan fingerprint density at radius 3 is 2.37 bits per heavy atom. The highest BCUT2D eigenvalue weighted by molar-refractivity contribution is 5.94. The molecule has 0 bridgehead atoms. The lowest BCUT2D eigenvalue weighted by molar-refractivity contribution is 0.0953. The zero-order valence-electron chi connectivity index (χ0n) is 18.1. The van der Waals surface area contributed by atoms with Crippen LogP contribution < -0.4 is 5.32 Å². The largest absolute Gasteiger partial charge is 0.376 e. The molecule has 2 aromatic rings. The monoisotopic (exact) mass is 406 g/mol. The summed E-state index contributed by atoms with van der Waals surface area (Å²) >= 11 is 0. The highest BCUT2D eigenvalue weighted by atomic mass is 16.5. The molecule has 1 N–H and O–H groups in total. The van der Waals surface area contributed by atoms with E-state index in [-0.39, 0.29) is 5.91 Å². The number of benzene rings is 2. The fourth-order valence-corrected chi connectivity index (χ4v) is 4.11. The molecule has 0 spiro atoms. The first-order valence-electron chi connectivity index (χ1n) is 11.5. The van der Waals surface area contributed by atoms with Crippen molar-refractivity contribution in [3.05, 3.63) is 70.8 Å². The summed E-state index contributed by atoms with van der Waals surface area (Å²) in [5.74, 6) is 0.763. The molecule has 160 valence electrons. The molecule has 1 saturated heterocycles. The minimum Gasteiger partial charge on any atom is -0.376 e. The third-order valence-corrected chi connectivity index (χ3v) is 6.39. The molecule has 1 saturated carbocycles. The van der Waals surface area contributed by atoms with Crippen molar-refractivity contribution in [3.8, 4) is 0 Å². The molecular weight excluding hydrogens is 372 g/mol. The Hall–Kier alpha value is -2.17. The molecule has 2 aromatic carbocycles. The van der Waals surface area contributed by atoms with E-state index in [1.165, 1.54) is 49.9 Å². The van der Waals surface area contributed by atoms with E-state index in [0.717, 1.165) is 24.5 Å². The Labute approximate surface area is 180 Å². The van der Waals surface area contributed by atoms with Crippen LogP contribution in [0.5, 0.6) is 0 Å². The van der Waals surface area contributed by atoms with Crippen LogP contribution in [0.4, 0.5) is 0 Å². The van der Waals surface area contributed by atoms with Gasteiger partial charge < -0.3 is 10.1 Å². The highest BCUT2D eigenvalue weighted by Gasteiger charge is 2.21. The number of amides is 1. The van der Waals surface area contributed by atoms with Crippen molar-refractivity contribution in [1.29, 1.82) is 0 Å². The molecule has 0 aromatic heterocycles. The number of ether oxygens (including phenoxy) is 1. The Kier molecular flexibility index (Phi) is 7.19. The third-order valence-electron chi connectivity index (χ3n) is 6.39. The van der Waals surface area contributed by atoms with Crippen molar-refractivity contribution in [2.24, 2.45) is 5.92 Å². The van der Waals surface area contributed by atoms with E-state index in [2.05, 4.69) is 41.4 Å². The van der Waals surface area contributed by atoms with Gasteiger partial charge in [0.1, 0.15) is 0 Å². The average Bonchev–Trinajstić information content (AvgIpc) is 3.44. The second kappa shape index (κ2) is 10.2. The fourth-order valence-electron chi connectivity index (χ4n) is 4.11. The maximum Gasteiger partial charge on any atom is 0.251 e. The lowest BCUT2D eigenvalue weighted by Crippen LogP contribution is -2.25. The number of nitrogens with zero attached hydrogens (tertiary/aromatic N) is 1. The fraction of sp³-hybridized carbons (Fsp3) is 0.500. The van der Waals surface area contributed by atoms with Crippen molar-refractivity contribution < 1.29 is 9.53 Å². The lowest BCUT2D eigenvalue weighted by atomic mass is 10.0. The van der Waals surface area contributed by atoms with Gasteiger partial charge in [-0.3, -0.25) is 9.69 Å². The molecule has 1 unspecified atom stereocenters. The molecule has 2 fully saturated rings. The van der Waals surface area contributed by atoms with Crippen LogP contribution >= 0.6 is 0 Å². The normalized spacial score (nSPS) is 17.8. The Morgan fingerprint density at radius 1 is 1.03 bits per heavy atom. The zero-order valence-corrected chi connectivity index (χ0v) is 18.1. The van der Waals surface area contributed by atoms with Crippen LogP contribution in [0.15, 0.2) is 48.5 Å². The lowest BCUT2D eigenvalue weighted by Gasteiger charge is -2.24. The number of carbonyl (C=O) groups is 1. The second-order valence-electron chi connectivity index (χ2n) is 8.82. The molecular formula is C26H34N2O2. The van der Waals surface area contributed by atoms with Gasteiger partial charge in [-0.15, -0.1) is 0 Å². The maximum atomic E-state index is 12.4. The Morgan fingerprint density at radius 2 is 1.70 bits per heavy atom.